The van der Waals surface area contributed by atoms with Crippen LogP contribution in [0.1, 0.15) is 12.0 Å². The average molecular weight is 313 g/mol. The van der Waals surface area contributed by atoms with Gasteiger partial charge in [0.05, 0.1) is 16.4 Å². The molecule has 0 unspecified atom stereocenters. The monoisotopic (exact) mass is 313 g/mol. The van der Waals surface area contributed by atoms with Crippen LogP contribution in [0.4, 0.5) is 5.69 Å². The topological polar surface area (TPSA) is 110 Å². The number of hydrogen-bond acceptors (Lipinski definition) is 5. The van der Waals surface area contributed by atoms with E-state index in [4.69, 9.17) is 0 Å². The van der Waals surface area contributed by atoms with E-state index in [2.05, 4.69) is 5.32 Å². The van der Waals surface area contributed by atoms with Crippen molar-refractivity contribution in [2.75, 3.05) is 19.6 Å². The van der Waals surface area contributed by atoms with Gasteiger partial charge in [0.15, 0.2) is 0 Å². The molecular weight excluding hydrogens is 298 g/mol. The summed E-state index contributed by atoms with van der Waals surface area (Å²) >= 11 is 0. The molecule has 0 saturated carbocycles. The molecule has 0 atom stereocenters. The lowest BCUT2D eigenvalue weighted by Gasteiger charge is -2.19. The summed E-state index contributed by atoms with van der Waals surface area (Å²) in [6.07, 6.45) is 0.525. The Labute approximate surface area is 122 Å². The Bertz CT molecular complexity index is 686. The lowest BCUT2D eigenvalue weighted by Crippen LogP contribution is -2.37. The van der Waals surface area contributed by atoms with E-state index in [0.717, 1.165) is 10.4 Å². The second kappa shape index (κ2) is 5.78. The summed E-state index contributed by atoms with van der Waals surface area (Å²) in [7, 11) is -3.84. The molecule has 1 aliphatic rings. The second-order valence-electron chi connectivity index (χ2n) is 4.75. The van der Waals surface area contributed by atoms with Gasteiger partial charge in [-0.2, -0.15) is 4.31 Å². The number of aryl methyl sites for hydroxylation is 1. The molecular formula is C12H15N3O5S. The van der Waals surface area contributed by atoms with Gasteiger partial charge in [0.25, 0.3) is 5.69 Å². The van der Waals surface area contributed by atoms with Crippen LogP contribution >= 0.6 is 0 Å². The highest BCUT2D eigenvalue weighted by atomic mass is 32.2. The predicted octanol–water partition coefficient (Wildman–Crippen LogP) is 0.414. The van der Waals surface area contributed by atoms with Gasteiger partial charge in [-0.3, -0.25) is 14.9 Å². The molecule has 0 spiro atoms. The first-order chi connectivity index (χ1) is 9.82. The third-order valence-electron chi connectivity index (χ3n) is 3.21. The van der Waals surface area contributed by atoms with E-state index in [1.54, 1.807) is 0 Å². The molecule has 0 bridgehead atoms. The maximum Gasteiger partial charge on any atom is 0.269 e. The minimum absolute atomic E-state index is 0.0113. The van der Waals surface area contributed by atoms with Gasteiger partial charge in [-0.15, -0.1) is 0 Å². The van der Waals surface area contributed by atoms with Crippen LogP contribution in [0.25, 0.3) is 0 Å². The van der Waals surface area contributed by atoms with Crippen molar-refractivity contribution in [3.63, 3.8) is 0 Å². The highest BCUT2D eigenvalue weighted by molar-refractivity contribution is 7.89. The van der Waals surface area contributed by atoms with Gasteiger partial charge in [0, 0.05) is 25.2 Å². The van der Waals surface area contributed by atoms with Gasteiger partial charge < -0.3 is 5.32 Å². The molecule has 2 rings (SSSR count). The number of benzene rings is 1. The van der Waals surface area contributed by atoms with Crippen LogP contribution in [-0.2, 0) is 14.8 Å². The smallest absolute Gasteiger partial charge is 0.269 e. The Hall–Kier alpha value is -2.00. The number of non-ortho nitro benzene ring substituents is 1. The summed E-state index contributed by atoms with van der Waals surface area (Å²) in [6, 6.07) is 3.58. The second-order valence-corrected chi connectivity index (χ2v) is 6.66. The standard InChI is InChI=1S/C12H15N3O5S/c1-9-7-10(15(17)18)3-4-11(9)21(19,20)14-6-2-5-13-12(16)8-14/h3-4,7H,2,5-6,8H2,1H3,(H,13,16). The highest BCUT2D eigenvalue weighted by Gasteiger charge is 2.29. The molecule has 8 nitrogen and oxygen atoms in total. The van der Waals surface area contributed by atoms with Crippen molar-refractivity contribution in [2.24, 2.45) is 0 Å². The van der Waals surface area contributed by atoms with Gasteiger partial charge in [0.2, 0.25) is 15.9 Å². The summed E-state index contributed by atoms with van der Waals surface area (Å²) in [5.41, 5.74) is 0.119. The summed E-state index contributed by atoms with van der Waals surface area (Å²) in [6.45, 7) is 1.93. The lowest BCUT2D eigenvalue weighted by atomic mass is 10.2. The van der Waals surface area contributed by atoms with Crippen molar-refractivity contribution in [3.05, 3.63) is 33.9 Å². The van der Waals surface area contributed by atoms with Crippen LogP contribution in [-0.4, -0.2) is 43.2 Å². The zero-order chi connectivity index (χ0) is 15.6. The molecule has 0 aromatic heterocycles. The largest absolute Gasteiger partial charge is 0.355 e. The van der Waals surface area contributed by atoms with Crippen LogP contribution < -0.4 is 5.32 Å². The van der Waals surface area contributed by atoms with Crippen molar-refractivity contribution in [3.8, 4) is 0 Å². The van der Waals surface area contributed by atoms with Gasteiger partial charge in [0.1, 0.15) is 0 Å². The number of rotatable bonds is 3. The average Bonchev–Trinajstić information content (AvgIpc) is 2.63. The molecule has 21 heavy (non-hydrogen) atoms. The van der Waals surface area contributed by atoms with E-state index in [-0.39, 0.29) is 35.1 Å². The molecule has 1 heterocycles. The lowest BCUT2D eigenvalue weighted by molar-refractivity contribution is -0.385. The Morgan fingerprint density at radius 2 is 2.10 bits per heavy atom. The van der Waals surface area contributed by atoms with Crippen LogP contribution in [0.3, 0.4) is 0 Å². The number of nitrogens with zero attached hydrogens (tertiary/aromatic N) is 2. The molecule has 1 N–H and O–H groups in total. The molecule has 1 aliphatic heterocycles. The molecule has 9 heteroatoms. The minimum Gasteiger partial charge on any atom is -0.355 e. The number of nitro benzene ring substituents is 1. The number of hydrogen-bond donors (Lipinski definition) is 1. The van der Waals surface area contributed by atoms with Crippen LogP contribution in [0.2, 0.25) is 0 Å². The molecule has 1 aromatic carbocycles. The van der Waals surface area contributed by atoms with E-state index >= 15 is 0 Å². The van der Waals surface area contributed by atoms with Crippen molar-refractivity contribution >= 4 is 21.6 Å². The fourth-order valence-electron chi connectivity index (χ4n) is 2.16. The zero-order valence-electron chi connectivity index (χ0n) is 11.4. The molecule has 1 saturated heterocycles. The quantitative estimate of drug-likeness (QED) is 0.642. The number of carbonyl (C=O) groups excluding carboxylic acids is 1. The van der Waals surface area contributed by atoms with E-state index in [9.17, 15) is 23.3 Å². The predicted molar refractivity (Wildman–Crippen MR) is 74.2 cm³/mol. The summed E-state index contributed by atoms with van der Waals surface area (Å²) in [5, 5.41) is 13.3. The first-order valence-corrected chi connectivity index (χ1v) is 7.78. The van der Waals surface area contributed by atoms with Crippen molar-refractivity contribution in [1.82, 2.24) is 9.62 Å². The van der Waals surface area contributed by atoms with Gasteiger partial charge in [-0.25, -0.2) is 8.42 Å². The first kappa shape index (κ1) is 15.4. The van der Waals surface area contributed by atoms with Crippen molar-refractivity contribution in [2.45, 2.75) is 18.2 Å². The SMILES string of the molecule is Cc1cc([N+](=O)[O-])ccc1S(=O)(=O)N1CCCNC(=O)C1. The zero-order valence-corrected chi connectivity index (χ0v) is 12.2. The van der Waals surface area contributed by atoms with Crippen LogP contribution in [0, 0.1) is 17.0 Å². The minimum atomic E-state index is -3.84. The van der Waals surface area contributed by atoms with Crippen LogP contribution in [0.15, 0.2) is 23.1 Å². The van der Waals surface area contributed by atoms with Gasteiger partial charge >= 0.3 is 0 Å². The van der Waals surface area contributed by atoms with Crippen molar-refractivity contribution in [1.29, 1.82) is 0 Å². The molecule has 1 aromatic rings. The number of nitro groups is 1. The van der Waals surface area contributed by atoms with E-state index < -0.39 is 14.9 Å². The first-order valence-electron chi connectivity index (χ1n) is 6.34. The van der Waals surface area contributed by atoms with Gasteiger partial charge in [-0.05, 0) is 25.0 Å². The third-order valence-corrected chi connectivity index (χ3v) is 5.22. The summed E-state index contributed by atoms with van der Waals surface area (Å²) in [5.74, 6) is -0.351. The van der Waals surface area contributed by atoms with Crippen molar-refractivity contribution < 1.29 is 18.1 Å². The molecule has 114 valence electrons. The Balaban J connectivity index is 2.39. The summed E-state index contributed by atoms with van der Waals surface area (Å²) < 4.78 is 26.2. The summed E-state index contributed by atoms with van der Waals surface area (Å²) in [4.78, 5) is 21.6. The van der Waals surface area contributed by atoms with E-state index in [1.165, 1.54) is 19.1 Å². The van der Waals surface area contributed by atoms with E-state index in [1.807, 2.05) is 0 Å². The molecule has 1 amide bonds. The Morgan fingerprint density at radius 3 is 2.71 bits per heavy atom. The Morgan fingerprint density at radius 1 is 1.38 bits per heavy atom. The molecule has 0 radical (unpaired) electrons. The van der Waals surface area contributed by atoms with E-state index in [0.29, 0.717) is 13.0 Å². The number of amides is 1. The maximum absolute atomic E-state index is 12.6. The number of carbonyl (C=O) groups is 1. The number of sulfonamides is 1. The normalized spacial score (nSPS) is 17.1. The fraction of sp³-hybridized carbons (Fsp3) is 0.417. The van der Waals surface area contributed by atoms with Gasteiger partial charge in [-0.1, -0.05) is 0 Å². The highest BCUT2D eigenvalue weighted by Crippen LogP contribution is 2.24. The molecule has 1 fully saturated rings. The van der Waals surface area contributed by atoms with Crippen LogP contribution in [0.5, 0.6) is 0 Å². The number of nitrogens with one attached hydrogen (secondary N) is 1. The molecule has 0 aliphatic carbocycles. The Kier molecular flexibility index (Phi) is 4.24. The fourth-order valence-corrected chi connectivity index (χ4v) is 3.80. The maximum atomic E-state index is 12.6. The third kappa shape index (κ3) is 3.19.